The molecule has 348 valence electrons. The zero-order valence-corrected chi connectivity index (χ0v) is 39.7. The van der Waals surface area contributed by atoms with Gasteiger partial charge in [0.05, 0.1) is 0 Å². The molecule has 0 aromatic heterocycles. The maximum Gasteiger partial charge on any atom is 0.306 e. The number of hydrogen-bond acceptors (Lipinski definition) is 6. The topological polar surface area (TPSA) is 78.9 Å². The van der Waals surface area contributed by atoms with Crippen molar-refractivity contribution in [1.82, 2.24) is 0 Å². The molecular weight excluding hydrogens is 745 g/mol. The largest absolute Gasteiger partial charge is 0.462 e. The van der Waals surface area contributed by atoms with E-state index in [1.807, 2.05) is 0 Å². The van der Waals surface area contributed by atoms with E-state index in [1.165, 1.54) is 109 Å². The zero-order valence-electron chi connectivity index (χ0n) is 39.7. The van der Waals surface area contributed by atoms with Gasteiger partial charge in [-0.3, -0.25) is 14.4 Å². The molecule has 6 nitrogen and oxygen atoms in total. The lowest BCUT2D eigenvalue weighted by Gasteiger charge is -2.18. The normalized spacial score (nSPS) is 12.4. The van der Waals surface area contributed by atoms with Crippen LogP contribution in [0.5, 0.6) is 0 Å². The molecule has 60 heavy (non-hydrogen) atoms. The highest BCUT2D eigenvalue weighted by Gasteiger charge is 2.19. The first-order valence-electron chi connectivity index (χ1n) is 25.7. The average molecular weight is 841 g/mol. The summed E-state index contributed by atoms with van der Waals surface area (Å²) in [7, 11) is 0. The molecule has 1 atom stereocenters. The summed E-state index contributed by atoms with van der Waals surface area (Å²) in [6.07, 6.45) is 58.1. The molecule has 1 unspecified atom stereocenters. The van der Waals surface area contributed by atoms with Crippen LogP contribution >= 0.6 is 0 Å². The van der Waals surface area contributed by atoms with Crippen molar-refractivity contribution in [3.05, 3.63) is 48.6 Å². The van der Waals surface area contributed by atoms with Crippen LogP contribution in [-0.2, 0) is 28.6 Å². The molecule has 0 aliphatic rings. The van der Waals surface area contributed by atoms with Gasteiger partial charge in [-0.05, 0) is 89.9 Å². The van der Waals surface area contributed by atoms with E-state index >= 15 is 0 Å². The van der Waals surface area contributed by atoms with Gasteiger partial charge in [0, 0.05) is 19.3 Å². The molecule has 0 aliphatic heterocycles. The molecule has 0 aromatic rings. The van der Waals surface area contributed by atoms with Crippen molar-refractivity contribution in [3.63, 3.8) is 0 Å². The Hall–Kier alpha value is -2.63. The third-order valence-corrected chi connectivity index (χ3v) is 11.1. The number of allylic oxidation sites excluding steroid dienone is 8. The summed E-state index contributed by atoms with van der Waals surface area (Å²) < 4.78 is 16.7. The molecule has 0 rings (SSSR count). The van der Waals surface area contributed by atoms with Crippen LogP contribution < -0.4 is 0 Å². The third kappa shape index (κ3) is 46.4. The Balaban J connectivity index is 4.38. The molecule has 0 saturated heterocycles. The minimum atomic E-state index is -0.789. The van der Waals surface area contributed by atoms with Gasteiger partial charge in [-0.1, -0.05) is 198 Å². The number of ether oxygens (including phenoxy) is 3. The van der Waals surface area contributed by atoms with Gasteiger partial charge in [-0.25, -0.2) is 0 Å². The molecule has 0 fully saturated rings. The fourth-order valence-electron chi connectivity index (χ4n) is 7.11. The highest BCUT2D eigenvalue weighted by Crippen LogP contribution is 2.14. The maximum atomic E-state index is 12.8. The molecule has 0 heterocycles. The summed E-state index contributed by atoms with van der Waals surface area (Å²) in [5.74, 6) is -0.930. The Morgan fingerprint density at radius 3 is 1.00 bits per heavy atom. The molecule has 0 aliphatic carbocycles. The van der Waals surface area contributed by atoms with Gasteiger partial charge in [0.2, 0.25) is 0 Å². The Morgan fingerprint density at radius 2 is 0.617 bits per heavy atom. The predicted octanol–water partition coefficient (Wildman–Crippen LogP) is 16.7. The monoisotopic (exact) mass is 841 g/mol. The lowest BCUT2D eigenvalue weighted by Crippen LogP contribution is -2.30. The van der Waals surface area contributed by atoms with Crippen LogP contribution in [0.25, 0.3) is 0 Å². The molecule has 0 N–H and O–H groups in total. The van der Waals surface area contributed by atoms with Crippen LogP contribution in [0.3, 0.4) is 0 Å². The Bertz CT molecular complexity index is 1060. The second kappa shape index (κ2) is 49.0. The van der Waals surface area contributed by atoms with Gasteiger partial charge in [-0.2, -0.15) is 0 Å². The third-order valence-electron chi connectivity index (χ3n) is 11.1. The zero-order chi connectivity index (χ0) is 43.7. The molecular formula is C54H96O6. The second-order valence-electron chi connectivity index (χ2n) is 17.1. The van der Waals surface area contributed by atoms with E-state index in [0.717, 1.165) is 109 Å². The molecule has 0 amide bonds. The van der Waals surface area contributed by atoms with Crippen molar-refractivity contribution in [2.75, 3.05) is 13.2 Å². The highest BCUT2D eigenvalue weighted by atomic mass is 16.6. The Morgan fingerprint density at radius 1 is 0.333 bits per heavy atom. The first-order chi connectivity index (χ1) is 29.5. The fourth-order valence-corrected chi connectivity index (χ4v) is 7.11. The standard InChI is InChI=1S/C54H96O6/c1-4-7-10-13-16-19-22-24-26-27-28-29-31-32-35-38-41-44-47-53(56)59-50-51(49-58-52(55)46-43-40-37-34-21-18-15-12-9-6-3)60-54(57)48-45-42-39-36-33-30-25-23-20-17-14-11-8-5-2/h15,18,26-30,33,51H,4-14,16-17,19-25,31-32,34-50H2,1-3H3/b18-15-,27-26-,29-28-,33-30-. The van der Waals surface area contributed by atoms with Gasteiger partial charge in [0.1, 0.15) is 13.2 Å². The van der Waals surface area contributed by atoms with Crippen LogP contribution in [0.15, 0.2) is 48.6 Å². The highest BCUT2D eigenvalue weighted by molar-refractivity contribution is 5.71. The summed E-state index contributed by atoms with van der Waals surface area (Å²) in [6, 6.07) is 0. The van der Waals surface area contributed by atoms with Gasteiger partial charge in [-0.15, -0.1) is 0 Å². The van der Waals surface area contributed by atoms with Gasteiger partial charge >= 0.3 is 17.9 Å². The van der Waals surface area contributed by atoms with E-state index in [4.69, 9.17) is 14.2 Å². The van der Waals surface area contributed by atoms with Crippen molar-refractivity contribution < 1.29 is 28.6 Å². The smallest absolute Gasteiger partial charge is 0.306 e. The lowest BCUT2D eigenvalue weighted by atomic mass is 10.1. The predicted molar refractivity (Wildman–Crippen MR) is 256 cm³/mol. The van der Waals surface area contributed by atoms with Crippen LogP contribution in [0.4, 0.5) is 0 Å². The minimum Gasteiger partial charge on any atom is -0.462 e. The summed E-state index contributed by atoms with van der Waals surface area (Å²) in [6.45, 7) is 6.55. The van der Waals surface area contributed by atoms with Gasteiger partial charge in [0.15, 0.2) is 6.10 Å². The molecule has 0 bridgehead atoms. The van der Waals surface area contributed by atoms with E-state index in [1.54, 1.807) is 0 Å². The summed E-state index contributed by atoms with van der Waals surface area (Å²) in [5.41, 5.74) is 0. The summed E-state index contributed by atoms with van der Waals surface area (Å²) in [4.78, 5) is 37.9. The van der Waals surface area contributed by atoms with E-state index in [-0.39, 0.29) is 31.1 Å². The number of hydrogen-bond donors (Lipinski definition) is 0. The summed E-state index contributed by atoms with van der Waals surface area (Å²) >= 11 is 0. The summed E-state index contributed by atoms with van der Waals surface area (Å²) in [5, 5.41) is 0. The fraction of sp³-hybridized carbons (Fsp3) is 0.796. The number of carbonyl (C=O) groups is 3. The van der Waals surface area contributed by atoms with Crippen molar-refractivity contribution >= 4 is 17.9 Å². The maximum absolute atomic E-state index is 12.8. The van der Waals surface area contributed by atoms with Crippen LogP contribution in [0.2, 0.25) is 0 Å². The second-order valence-corrected chi connectivity index (χ2v) is 17.1. The van der Waals surface area contributed by atoms with Crippen molar-refractivity contribution in [2.45, 2.75) is 264 Å². The van der Waals surface area contributed by atoms with Crippen LogP contribution in [-0.4, -0.2) is 37.2 Å². The quantitative estimate of drug-likeness (QED) is 0.0200. The van der Waals surface area contributed by atoms with Crippen LogP contribution in [0.1, 0.15) is 258 Å². The molecule has 0 spiro atoms. The first-order valence-corrected chi connectivity index (χ1v) is 25.7. The van der Waals surface area contributed by atoms with Gasteiger partial charge < -0.3 is 14.2 Å². The van der Waals surface area contributed by atoms with Crippen molar-refractivity contribution in [3.8, 4) is 0 Å². The van der Waals surface area contributed by atoms with Crippen molar-refractivity contribution in [1.29, 1.82) is 0 Å². The Kier molecular flexibility index (Phi) is 46.9. The molecule has 0 radical (unpaired) electrons. The number of esters is 3. The van der Waals surface area contributed by atoms with E-state index < -0.39 is 6.10 Å². The van der Waals surface area contributed by atoms with Crippen LogP contribution in [0, 0.1) is 0 Å². The molecule has 0 aromatic carbocycles. The number of rotatable bonds is 46. The van der Waals surface area contributed by atoms with Crippen molar-refractivity contribution in [2.24, 2.45) is 0 Å². The van der Waals surface area contributed by atoms with E-state index in [0.29, 0.717) is 19.3 Å². The lowest BCUT2D eigenvalue weighted by molar-refractivity contribution is -0.167. The molecule has 6 heteroatoms. The Labute approximate surface area is 371 Å². The number of carbonyl (C=O) groups excluding carboxylic acids is 3. The van der Waals surface area contributed by atoms with E-state index in [2.05, 4.69) is 69.4 Å². The minimum absolute atomic E-state index is 0.0899. The first kappa shape index (κ1) is 57.4. The van der Waals surface area contributed by atoms with Gasteiger partial charge in [0.25, 0.3) is 0 Å². The van der Waals surface area contributed by atoms with E-state index in [9.17, 15) is 14.4 Å². The SMILES string of the molecule is CCCC/C=C\CCCCCCC(=O)OCC(COC(=O)CCCCCCC/C=C\C=C/CCCCCCCCC)OC(=O)CCCCC/C=C\CCCCCCCCC. The molecule has 0 saturated carbocycles. The average Bonchev–Trinajstić information content (AvgIpc) is 3.24. The number of unbranched alkanes of at least 4 members (excludes halogenated alkanes) is 28.